The van der Waals surface area contributed by atoms with E-state index in [1.807, 2.05) is 36.4 Å². The van der Waals surface area contributed by atoms with Crippen molar-refractivity contribution < 1.29 is 4.79 Å². The van der Waals surface area contributed by atoms with Gasteiger partial charge in [-0.2, -0.15) is 0 Å². The third-order valence-electron chi connectivity index (χ3n) is 2.70. The molecule has 0 aliphatic rings. The van der Waals surface area contributed by atoms with Gasteiger partial charge in [0, 0.05) is 10.5 Å². The van der Waals surface area contributed by atoms with E-state index in [4.69, 9.17) is 0 Å². The number of thioether (sulfide) groups is 1. The summed E-state index contributed by atoms with van der Waals surface area (Å²) in [5, 5.41) is 0.0915. The summed E-state index contributed by atoms with van der Waals surface area (Å²) in [6.07, 6.45) is 0. The van der Waals surface area contributed by atoms with Gasteiger partial charge >= 0.3 is 0 Å². The van der Waals surface area contributed by atoms with Crippen LogP contribution in [0.1, 0.15) is 21.5 Å². The van der Waals surface area contributed by atoms with Crippen LogP contribution in [0.2, 0.25) is 0 Å². The highest BCUT2D eigenvalue weighted by Gasteiger charge is 2.07. The Bertz CT molecular complexity index is 532. The summed E-state index contributed by atoms with van der Waals surface area (Å²) in [6, 6.07) is 15.5. The van der Waals surface area contributed by atoms with Crippen LogP contribution in [0.3, 0.4) is 0 Å². The number of rotatable bonds is 2. The summed E-state index contributed by atoms with van der Waals surface area (Å²) >= 11 is 1.28. The van der Waals surface area contributed by atoms with Crippen molar-refractivity contribution in [2.24, 2.45) is 0 Å². The van der Waals surface area contributed by atoms with Crippen molar-refractivity contribution in [3.05, 3.63) is 65.2 Å². The van der Waals surface area contributed by atoms with E-state index in [1.54, 1.807) is 0 Å². The lowest BCUT2D eigenvalue weighted by molar-refractivity contribution is 0.108. The lowest BCUT2D eigenvalue weighted by Crippen LogP contribution is -1.92. The van der Waals surface area contributed by atoms with Gasteiger partial charge in [0.25, 0.3) is 0 Å². The van der Waals surface area contributed by atoms with Crippen molar-refractivity contribution in [3.63, 3.8) is 0 Å². The van der Waals surface area contributed by atoms with Gasteiger partial charge in [0.1, 0.15) is 0 Å². The minimum Gasteiger partial charge on any atom is -0.281 e. The van der Waals surface area contributed by atoms with E-state index in [9.17, 15) is 4.79 Å². The smallest absolute Gasteiger partial charge is 0.224 e. The summed E-state index contributed by atoms with van der Waals surface area (Å²) in [6.45, 7) is 4.13. The van der Waals surface area contributed by atoms with E-state index in [1.165, 1.54) is 22.9 Å². The lowest BCUT2D eigenvalue weighted by Gasteiger charge is -2.04. The van der Waals surface area contributed by atoms with Gasteiger partial charge in [0.05, 0.1) is 0 Å². The zero-order valence-corrected chi connectivity index (χ0v) is 10.8. The third kappa shape index (κ3) is 2.98. The molecule has 2 aromatic rings. The normalized spacial score (nSPS) is 10.2. The molecule has 0 atom stereocenters. The number of aryl methyl sites for hydroxylation is 2. The first-order chi connectivity index (χ1) is 8.16. The molecular formula is C15H14OS. The molecule has 0 aromatic heterocycles. The largest absolute Gasteiger partial charge is 0.281 e. The molecule has 0 bridgehead atoms. The Labute approximate surface area is 106 Å². The van der Waals surface area contributed by atoms with Crippen molar-refractivity contribution in [3.8, 4) is 0 Å². The fraction of sp³-hybridized carbons (Fsp3) is 0.133. The maximum Gasteiger partial charge on any atom is 0.224 e. The van der Waals surface area contributed by atoms with E-state index in [-0.39, 0.29) is 5.12 Å². The minimum absolute atomic E-state index is 0.0915. The maximum absolute atomic E-state index is 12.0. The molecule has 2 rings (SSSR count). The van der Waals surface area contributed by atoms with Crippen molar-refractivity contribution in [1.82, 2.24) is 0 Å². The van der Waals surface area contributed by atoms with Crippen LogP contribution in [-0.2, 0) is 0 Å². The van der Waals surface area contributed by atoms with Gasteiger partial charge < -0.3 is 0 Å². The summed E-state index contributed by atoms with van der Waals surface area (Å²) < 4.78 is 0. The first kappa shape index (κ1) is 11.9. The van der Waals surface area contributed by atoms with Gasteiger partial charge in [-0.25, -0.2) is 0 Å². The zero-order valence-electron chi connectivity index (χ0n) is 9.94. The van der Waals surface area contributed by atoms with Gasteiger partial charge in [0.2, 0.25) is 5.12 Å². The van der Waals surface area contributed by atoms with E-state index >= 15 is 0 Å². The standard InChI is InChI=1S/C15H14OS/c1-11-8-9-14(10-12(11)2)17-15(16)13-6-4-3-5-7-13/h3-10H,1-2H3. The minimum atomic E-state index is 0.0915. The highest BCUT2D eigenvalue weighted by molar-refractivity contribution is 8.14. The van der Waals surface area contributed by atoms with Crippen LogP contribution in [0.25, 0.3) is 0 Å². The number of carbonyl (C=O) groups is 1. The number of hydrogen-bond donors (Lipinski definition) is 0. The fourth-order valence-electron chi connectivity index (χ4n) is 1.52. The topological polar surface area (TPSA) is 17.1 Å². The van der Waals surface area contributed by atoms with E-state index in [2.05, 4.69) is 26.0 Å². The Morgan fingerprint density at radius 3 is 2.29 bits per heavy atom. The molecule has 0 N–H and O–H groups in total. The molecule has 0 spiro atoms. The predicted molar refractivity (Wildman–Crippen MR) is 72.5 cm³/mol. The SMILES string of the molecule is Cc1ccc(SC(=O)c2ccccc2)cc1C. The van der Waals surface area contributed by atoms with E-state index in [0.717, 1.165) is 10.5 Å². The molecule has 0 amide bonds. The van der Waals surface area contributed by atoms with Crippen molar-refractivity contribution in [1.29, 1.82) is 0 Å². The molecule has 86 valence electrons. The maximum atomic E-state index is 12.0. The van der Waals surface area contributed by atoms with Crippen LogP contribution in [0, 0.1) is 13.8 Å². The molecule has 0 saturated heterocycles. The molecule has 0 fully saturated rings. The van der Waals surface area contributed by atoms with Gasteiger partial charge in [-0.1, -0.05) is 36.4 Å². The third-order valence-corrected chi connectivity index (χ3v) is 3.61. The second-order valence-electron chi connectivity index (χ2n) is 4.00. The highest BCUT2D eigenvalue weighted by Crippen LogP contribution is 2.24. The molecule has 0 saturated carbocycles. The molecule has 0 heterocycles. The summed E-state index contributed by atoms with van der Waals surface area (Å²) in [4.78, 5) is 13.0. The molecule has 0 aliphatic heterocycles. The van der Waals surface area contributed by atoms with Crippen LogP contribution in [0.15, 0.2) is 53.4 Å². The molecular weight excluding hydrogens is 228 g/mol. The van der Waals surface area contributed by atoms with Crippen LogP contribution in [0.5, 0.6) is 0 Å². The molecule has 0 radical (unpaired) electrons. The van der Waals surface area contributed by atoms with Crippen LogP contribution in [-0.4, -0.2) is 5.12 Å². The van der Waals surface area contributed by atoms with Crippen LogP contribution < -0.4 is 0 Å². The second kappa shape index (κ2) is 5.19. The van der Waals surface area contributed by atoms with Gasteiger partial charge in [0.15, 0.2) is 0 Å². The first-order valence-corrected chi connectivity index (χ1v) is 6.33. The summed E-state index contributed by atoms with van der Waals surface area (Å²) in [5.74, 6) is 0. The van der Waals surface area contributed by atoms with Crippen molar-refractivity contribution in [2.75, 3.05) is 0 Å². The van der Waals surface area contributed by atoms with Gasteiger partial charge in [-0.05, 0) is 48.9 Å². The van der Waals surface area contributed by atoms with Crippen LogP contribution >= 0.6 is 11.8 Å². The predicted octanol–water partition coefficient (Wildman–Crippen LogP) is 4.24. The Hall–Kier alpha value is -1.54. The molecule has 0 unspecified atom stereocenters. The Balaban J connectivity index is 2.16. The Kier molecular flexibility index (Phi) is 3.64. The van der Waals surface area contributed by atoms with Crippen molar-refractivity contribution >= 4 is 16.9 Å². The summed E-state index contributed by atoms with van der Waals surface area (Å²) in [7, 11) is 0. The highest BCUT2D eigenvalue weighted by atomic mass is 32.2. The Morgan fingerprint density at radius 1 is 0.941 bits per heavy atom. The summed E-state index contributed by atoms with van der Waals surface area (Å²) in [5.41, 5.74) is 3.22. The monoisotopic (exact) mass is 242 g/mol. The number of carbonyl (C=O) groups excluding carboxylic acids is 1. The molecule has 2 aromatic carbocycles. The number of hydrogen-bond acceptors (Lipinski definition) is 2. The van der Waals surface area contributed by atoms with E-state index in [0.29, 0.717) is 0 Å². The number of benzene rings is 2. The molecule has 17 heavy (non-hydrogen) atoms. The van der Waals surface area contributed by atoms with Gasteiger partial charge in [-0.3, -0.25) is 4.79 Å². The average Bonchev–Trinajstić information content (AvgIpc) is 2.35. The average molecular weight is 242 g/mol. The molecule has 1 nitrogen and oxygen atoms in total. The quantitative estimate of drug-likeness (QED) is 0.733. The fourth-order valence-corrected chi connectivity index (χ4v) is 2.36. The lowest BCUT2D eigenvalue weighted by atomic mass is 10.1. The second-order valence-corrected chi connectivity index (χ2v) is 5.05. The van der Waals surface area contributed by atoms with E-state index < -0.39 is 0 Å². The Morgan fingerprint density at radius 2 is 1.65 bits per heavy atom. The van der Waals surface area contributed by atoms with Crippen LogP contribution in [0.4, 0.5) is 0 Å². The van der Waals surface area contributed by atoms with Crippen molar-refractivity contribution in [2.45, 2.75) is 18.7 Å². The zero-order chi connectivity index (χ0) is 12.3. The molecule has 0 aliphatic carbocycles. The van der Waals surface area contributed by atoms with Gasteiger partial charge in [-0.15, -0.1) is 0 Å². The first-order valence-electron chi connectivity index (χ1n) is 5.51. The molecule has 2 heteroatoms.